The van der Waals surface area contributed by atoms with Crippen LogP contribution in [0.1, 0.15) is 27.8 Å². The van der Waals surface area contributed by atoms with Gasteiger partial charge in [0.15, 0.2) is 6.61 Å². The molecule has 1 amide bonds. The van der Waals surface area contributed by atoms with Gasteiger partial charge in [-0.3, -0.25) is 4.79 Å². The predicted octanol–water partition coefficient (Wildman–Crippen LogP) is 3.80. The van der Waals surface area contributed by atoms with Crippen LogP contribution in [-0.2, 0) is 4.79 Å². The second kappa shape index (κ2) is 8.56. The molecule has 0 saturated heterocycles. The minimum Gasteiger partial charge on any atom is -0.491 e. The molecule has 0 aromatic heterocycles. The van der Waals surface area contributed by atoms with E-state index in [2.05, 4.69) is 24.4 Å². The number of carbonyl (C=O) groups excluding carboxylic acids is 1. The maximum atomic E-state index is 11.9. The van der Waals surface area contributed by atoms with Gasteiger partial charge in [0.05, 0.1) is 6.54 Å². The van der Waals surface area contributed by atoms with E-state index < -0.39 is 0 Å². The molecule has 0 unspecified atom stereocenters. The molecule has 4 nitrogen and oxygen atoms in total. The highest BCUT2D eigenvalue weighted by Crippen LogP contribution is 2.23. The highest BCUT2D eigenvalue weighted by Gasteiger charge is 2.07. The molecular weight excluding hydrogens is 314 g/mol. The first-order valence-corrected chi connectivity index (χ1v) is 8.54. The monoisotopic (exact) mass is 341 g/mol. The number of benzene rings is 2. The highest BCUT2D eigenvalue weighted by molar-refractivity contribution is 5.77. The van der Waals surface area contributed by atoms with Crippen LogP contribution in [0.5, 0.6) is 11.5 Å². The van der Waals surface area contributed by atoms with E-state index in [-0.39, 0.29) is 12.5 Å². The number of nitrogens with one attached hydrogen (secondary N) is 1. The molecule has 134 valence electrons. The van der Waals surface area contributed by atoms with Gasteiger partial charge >= 0.3 is 0 Å². The van der Waals surface area contributed by atoms with Crippen molar-refractivity contribution in [3.63, 3.8) is 0 Å². The summed E-state index contributed by atoms with van der Waals surface area (Å²) in [4.78, 5) is 11.9. The summed E-state index contributed by atoms with van der Waals surface area (Å²) < 4.78 is 11.4. The molecule has 0 aliphatic rings. The van der Waals surface area contributed by atoms with Crippen LogP contribution < -0.4 is 14.8 Å². The molecule has 2 aromatic carbocycles. The van der Waals surface area contributed by atoms with Crippen LogP contribution in [0.25, 0.3) is 0 Å². The summed E-state index contributed by atoms with van der Waals surface area (Å²) in [5.41, 5.74) is 5.66. The third kappa shape index (κ3) is 5.52. The molecule has 0 saturated carbocycles. The van der Waals surface area contributed by atoms with Gasteiger partial charge in [0.2, 0.25) is 0 Å². The van der Waals surface area contributed by atoms with E-state index in [1.54, 1.807) is 0 Å². The van der Waals surface area contributed by atoms with Crippen molar-refractivity contribution in [3.05, 3.63) is 58.1 Å². The Morgan fingerprint density at radius 1 is 0.880 bits per heavy atom. The molecule has 0 bridgehead atoms. The Balaban J connectivity index is 1.74. The minimum absolute atomic E-state index is 0.00723. The van der Waals surface area contributed by atoms with E-state index in [1.807, 2.05) is 45.9 Å². The van der Waals surface area contributed by atoms with E-state index in [9.17, 15) is 4.79 Å². The Morgan fingerprint density at radius 3 is 2.32 bits per heavy atom. The first-order chi connectivity index (χ1) is 11.9. The van der Waals surface area contributed by atoms with Crippen molar-refractivity contribution in [2.45, 2.75) is 34.6 Å². The summed E-state index contributed by atoms with van der Waals surface area (Å²) in [6, 6.07) is 10.1. The number of ether oxygens (including phenoxy) is 2. The van der Waals surface area contributed by atoms with Crippen LogP contribution in [0.15, 0.2) is 30.3 Å². The maximum Gasteiger partial charge on any atom is 0.258 e. The van der Waals surface area contributed by atoms with Crippen LogP contribution in [0.3, 0.4) is 0 Å². The van der Waals surface area contributed by atoms with Gasteiger partial charge in [-0.05, 0) is 69.0 Å². The van der Waals surface area contributed by atoms with Gasteiger partial charge in [0.1, 0.15) is 18.1 Å². The van der Waals surface area contributed by atoms with Crippen molar-refractivity contribution in [3.8, 4) is 11.5 Å². The summed E-state index contributed by atoms with van der Waals surface area (Å²) >= 11 is 0. The van der Waals surface area contributed by atoms with Crippen LogP contribution in [0.2, 0.25) is 0 Å². The van der Waals surface area contributed by atoms with Gasteiger partial charge in [-0.15, -0.1) is 0 Å². The van der Waals surface area contributed by atoms with Gasteiger partial charge in [-0.2, -0.15) is 0 Å². The standard InChI is InChI=1S/C21H27NO3/c1-14-6-7-19(17(4)10-14)24-9-8-22-21(23)13-25-20-12-15(2)11-16(3)18(20)5/h6-7,10-12H,8-9,13H2,1-5H3,(H,22,23). The quantitative estimate of drug-likeness (QED) is 0.779. The largest absolute Gasteiger partial charge is 0.491 e. The van der Waals surface area contributed by atoms with Gasteiger partial charge < -0.3 is 14.8 Å². The predicted molar refractivity (Wildman–Crippen MR) is 101 cm³/mol. The van der Waals surface area contributed by atoms with E-state index in [1.165, 1.54) is 5.56 Å². The zero-order valence-electron chi connectivity index (χ0n) is 15.7. The molecule has 0 aliphatic heterocycles. The second-order valence-corrected chi connectivity index (χ2v) is 6.46. The lowest BCUT2D eigenvalue weighted by Gasteiger charge is -2.13. The van der Waals surface area contributed by atoms with Gasteiger partial charge in [-0.25, -0.2) is 0 Å². The van der Waals surface area contributed by atoms with Crippen molar-refractivity contribution >= 4 is 5.91 Å². The van der Waals surface area contributed by atoms with Crippen LogP contribution in [0, 0.1) is 34.6 Å². The SMILES string of the molecule is Cc1ccc(OCCNC(=O)COc2cc(C)cc(C)c2C)c(C)c1. The number of hydrogen-bond acceptors (Lipinski definition) is 3. The number of carbonyl (C=O) groups is 1. The highest BCUT2D eigenvalue weighted by atomic mass is 16.5. The van der Waals surface area contributed by atoms with E-state index >= 15 is 0 Å². The zero-order valence-corrected chi connectivity index (χ0v) is 15.7. The number of hydrogen-bond donors (Lipinski definition) is 1. The van der Waals surface area contributed by atoms with E-state index in [4.69, 9.17) is 9.47 Å². The summed E-state index contributed by atoms with van der Waals surface area (Å²) in [5.74, 6) is 1.46. The van der Waals surface area contributed by atoms with Crippen molar-refractivity contribution in [1.29, 1.82) is 0 Å². The Labute approximate surface area is 150 Å². The molecule has 0 spiro atoms. The Morgan fingerprint density at radius 2 is 1.60 bits per heavy atom. The van der Waals surface area contributed by atoms with Gasteiger partial charge in [0.25, 0.3) is 5.91 Å². The fraction of sp³-hybridized carbons (Fsp3) is 0.381. The third-order valence-electron chi connectivity index (χ3n) is 4.14. The third-order valence-corrected chi connectivity index (χ3v) is 4.14. The fourth-order valence-corrected chi connectivity index (χ4v) is 2.66. The Kier molecular flexibility index (Phi) is 6.45. The molecule has 25 heavy (non-hydrogen) atoms. The minimum atomic E-state index is -0.150. The number of aryl methyl sites for hydroxylation is 4. The summed E-state index contributed by atoms with van der Waals surface area (Å²) in [6.45, 7) is 11.0. The average Bonchev–Trinajstić information content (AvgIpc) is 2.55. The molecule has 0 fully saturated rings. The van der Waals surface area contributed by atoms with Crippen molar-refractivity contribution in [1.82, 2.24) is 5.32 Å². The molecule has 0 radical (unpaired) electrons. The van der Waals surface area contributed by atoms with Crippen LogP contribution in [-0.4, -0.2) is 25.7 Å². The Bertz CT molecular complexity index is 753. The normalized spacial score (nSPS) is 10.4. The molecule has 0 heterocycles. The molecule has 2 aromatic rings. The van der Waals surface area contributed by atoms with Gasteiger partial charge in [0, 0.05) is 0 Å². The summed E-state index contributed by atoms with van der Waals surface area (Å²) in [6.07, 6.45) is 0. The van der Waals surface area contributed by atoms with Crippen molar-refractivity contribution in [2.75, 3.05) is 19.8 Å². The number of rotatable bonds is 7. The maximum absolute atomic E-state index is 11.9. The summed E-state index contributed by atoms with van der Waals surface area (Å²) in [5, 5.41) is 2.81. The lowest BCUT2D eigenvalue weighted by Crippen LogP contribution is -2.32. The van der Waals surface area contributed by atoms with Crippen LogP contribution in [0.4, 0.5) is 0 Å². The molecule has 4 heteroatoms. The lowest BCUT2D eigenvalue weighted by molar-refractivity contribution is -0.123. The zero-order chi connectivity index (χ0) is 18.4. The van der Waals surface area contributed by atoms with Gasteiger partial charge in [-0.1, -0.05) is 23.8 Å². The topological polar surface area (TPSA) is 47.6 Å². The Hall–Kier alpha value is -2.49. The molecule has 0 atom stereocenters. The lowest BCUT2D eigenvalue weighted by atomic mass is 10.1. The van der Waals surface area contributed by atoms with Crippen molar-refractivity contribution in [2.24, 2.45) is 0 Å². The van der Waals surface area contributed by atoms with E-state index in [0.29, 0.717) is 13.2 Å². The van der Waals surface area contributed by atoms with Crippen molar-refractivity contribution < 1.29 is 14.3 Å². The average molecular weight is 341 g/mol. The number of amides is 1. The molecular formula is C21H27NO3. The molecule has 2 rings (SSSR count). The fourth-order valence-electron chi connectivity index (χ4n) is 2.66. The molecule has 0 aliphatic carbocycles. The van der Waals surface area contributed by atoms with E-state index in [0.717, 1.165) is 33.8 Å². The first kappa shape index (κ1) is 18.8. The second-order valence-electron chi connectivity index (χ2n) is 6.46. The van der Waals surface area contributed by atoms with Crippen LogP contribution >= 0.6 is 0 Å². The summed E-state index contributed by atoms with van der Waals surface area (Å²) in [7, 11) is 0. The molecule has 1 N–H and O–H groups in total. The smallest absolute Gasteiger partial charge is 0.258 e. The first-order valence-electron chi connectivity index (χ1n) is 8.54.